The van der Waals surface area contributed by atoms with Gasteiger partial charge in [-0.1, -0.05) is 17.3 Å². The van der Waals surface area contributed by atoms with Crippen molar-refractivity contribution in [2.75, 3.05) is 11.5 Å². The second-order valence-electron chi connectivity index (χ2n) is 3.97. The summed E-state index contributed by atoms with van der Waals surface area (Å²) in [6.07, 6.45) is 0.514. The predicted molar refractivity (Wildman–Crippen MR) is 62.1 cm³/mol. The second-order valence-corrected chi connectivity index (χ2v) is 6.04. The van der Waals surface area contributed by atoms with Crippen molar-refractivity contribution in [3.8, 4) is 11.3 Å². The van der Waals surface area contributed by atoms with Crippen LogP contribution in [-0.4, -0.2) is 19.3 Å². The monoisotopic (exact) mass is 250 g/mol. The van der Waals surface area contributed by atoms with Crippen LogP contribution in [0.15, 0.2) is 33.7 Å². The summed E-state index contributed by atoms with van der Waals surface area (Å²) < 4.78 is 28.4. The van der Waals surface area contributed by atoms with Gasteiger partial charge in [0, 0.05) is 11.6 Å². The Labute approximate surface area is 98.1 Å². The normalized spacial score (nSPS) is 16.9. The fourth-order valence-corrected chi connectivity index (χ4v) is 3.68. The van der Waals surface area contributed by atoms with Crippen LogP contribution in [0.2, 0.25) is 0 Å². The lowest BCUT2D eigenvalue weighted by Gasteiger charge is -2.03. The topological polar surface area (TPSA) is 86.2 Å². The lowest BCUT2D eigenvalue weighted by Crippen LogP contribution is -1.98. The Morgan fingerprint density at radius 2 is 2.18 bits per heavy atom. The number of hydrogen-bond donors (Lipinski definition) is 1. The Kier molecular flexibility index (Phi) is 2.03. The van der Waals surface area contributed by atoms with E-state index in [9.17, 15) is 8.42 Å². The van der Waals surface area contributed by atoms with Crippen molar-refractivity contribution >= 4 is 15.7 Å². The van der Waals surface area contributed by atoms with Crippen molar-refractivity contribution in [1.82, 2.24) is 5.16 Å². The summed E-state index contributed by atoms with van der Waals surface area (Å²) in [4.78, 5) is 0.400. The van der Waals surface area contributed by atoms with Gasteiger partial charge in [0.15, 0.2) is 9.84 Å². The number of nitrogen functional groups attached to an aromatic ring is 1. The van der Waals surface area contributed by atoms with E-state index in [1.54, 1.807) is 18.2 Å². The van der Waals surface area contributed by atoms with Crippen LogP contribution in [0.3, 0.4) is 0 Å². The number of nitrogens with zero attached hydrogens (tertiary/aromatic N) is 1. The van der Waals surface area contributed by atoms with Crippen LogP contribution >= 0.6 is 0 Å². The van der Waals surface area contributed by atoms with Crippen LogP contribution in [0.5, 0.6) is 0 Å². The van der Waals surface area contributed by atoms with Crippen molar-refractivity contribution in [2.45, 2.75) is 11.3 Å². The molecule has 88 valence electrons. The lowest BCUT2D eigenvalue weighted by molar-refractivity contribution is 0.439. The summed E-state index contributed by atoms with van der Waals surface area (Å²) >= 11 is 0. The van der Waals surface area contributed by atoms with E-state index < -0.39 is 9.84 Å². The van der Waals surface area contributed by atoms with Gasteiger partial charge in [0.05, 0.1) is 10.6 Å². The van der Waals surface area contributed by atoms with E-state index in [0.717, 1.165) is 11.1 Å². The first-order valence-electron chi connectivity index (χ1n) is 5.15. The molecule has 0 saturated heterocycles. The average molecular weight is 250 g/mol. The van der Waals surface area contributed by atoms with Crippen LogP contribution in [0, 0.1) is 0 Å². The average Bonchev–Trinajstić information content (AvgIpc) is 2.84. The molecule has 5 nitrogen and oxygen atoms in total. The van der Waals surface area contributed by atoms with Gasteiger partial charge in [-0.25, -0.2) is 8.42 Å². The van der Waals surface area contributed by atoms with Gasteiger partial charge in [0.2, 0.25) is 5.88 Å². The van der Waals surface area contributed by atoms with Crippen LogP contribution in [-0.2, 0) is 16.3 Å². The SMILES string of the molecule is Nc1cc(-c2cccc3c2CCS3(=O)=O)no1. The number of sulfone groups is 1. The summed E-state index contributed by atoms with van der Waals surface area (Å²) in [5.41, 5.74) is 7.63. The molecule has 2 aromatic rings. The Hall–Kier alpha value is -1.82. The van der Waals surface area contributed by atoms with Gasteiger partial charge in [0.1, 0.15) is 5.69 Å². The van der Waals surface area contributed by atoms with E-state index in [2.05, 4.69) is 5.16 Å². The summed E-state index contributed by atoms with van der Waals surface area (Å²) in [6.45, 7) is 0. The van der Waals surface area contributed by atoms with Crippen molar-refractivity contribution in [3.05, 3.63) is 29.8 Å². The molecular formula is C11H10N2O3S. The predicted octanol–water partition coefficient (Wildman–Crippen LogP) is 1.25. The molecule has 1 aliphatic rings. The van der Waals surface area contributed by atoms with Gasteiger partial charge in [-0.3, -0.25) is 0 Å². The number of hydrogen-bond acceptors (Lipinski definition) is 5. The quantitative estimate of drug-likeness (QED) is 0.823. The van der Waals surface area contributed by atoms with Crippen molar-refractivity contribution in [2.24, 2.45) is 0 Å². The fraction of sp³-hybridized carbons (Fsp3) is 0.182. The third-order valence-corrected chi connectivity index (χ3v) is 4.69. The van der Waals surface area contributed by atoms with Gasteiger partial charge in [0.25, 0.3) is 0 Å². The molecule has 0 spiro atoms. The molecule has 1 aromatic heterocycles. The molecule has 0 radical (unpaired) electrons. The minimum Gasteiger partial charge on any atom is -0.368 e. The molecule has 0 atom stereocenters. The van der Waals surface area contributed by atoms with E-state index in [0.29, 0.717) is 17.0 Å². The van der Waals surface area contributed by atoms with E-state index >= 15 is 0 Å². The van der Waals surface area contributed by atoms with Gasteiger partial charge in [-0.2, -0.15) is 0 Å². The zero-order chi connectivity index (χ0) is 12.0. The number of rotatable bonds is 1. The van der Waals surface area contributed by atoms with Gasteiger partial charge < -0.3 is 10.3 Å². The molecule has 2 heterocycles. The van der Waals surface area contributed by atoms with Crippen molar-refractivity contribution in [3.63, 3.8) is 0 Å². The molecule has 1 aliphatic heterocycles. The zero-order valence-electron chi connectivity index (χ0n) is 8.88. The van der Waals surface area contributed by atoms with Crippen LogP contribution < -0.4 is 5.73 Å². The highest BCUT2D eigenvalue weighted by Gasteiger charge is 2.28. The molecule has 0 fully saturated rings. The number of fused-ring (bicyclic) bond motifs is 1. The molecule has 0 aliphatic carbocycles. The minimum absolute atomic E-state index is 0.159. The summed E-state index contributed by atoms with van der Waals surface area (Å²) in [5, 5.41) is 3.82. The standard InChI is InChI=1S/C11H10N2O3S/c12-11-6-9(13-16-11)7-2-1-3-10-8(7)4-5-17(10,14)15/h1-3,6H,4-5,12H2. The largest absolute Gasteiger partial charge is 0.368 e. The molecule has 3 rings (SSSR count). The van der Waals surface area contributed by atoms with Crippen LogP contribution in [0.25, 0.3) is 11.3 Å². The highest BCUT2D eigenvalue weighted by molar-refractivity contribution is 7.91. The van der Waals surface area contributed by atoms with Crippen molar-refractivity contribution in [1.29, 1.82) is 0 Å². The summed E-state index contributed by atoms with van der Waals surface area (Å²) in [7, 11) is -3.12. The van der Waals surface area contributed by atoms with E-state index in [4.69, 9.17) is 10.3 Å². The van der Waals surface area contributed by atoms with Crippen molar-refractivity contribution < 1.29 is 12.9 Å². The third-order valence-electron chi connectivity index (χ3n) is 2.89. The van der Waals surface area contributed by atoms with Gasteiger partial charge in [-0.05, 0) is 18.1 Å². The molecule has 0 amide bonds. The van der Waals surface area contributed by atoms with Gasteiger partial charge >= 0.3 is 0 Å². The first kappa shape index (κ1) is 10.3. The minimum atomic E-state index is -3.12. The maximum atomic E-state index is 11.8. The molecule has 2 N–H and O–H groups in total. The molecule has 0 bridgehead atoms. The summed E-state index contributed by atoms with van der Waals surface area (Å²) in [5.74, 6) is 0.380. The first-order valence-corrected chi connectivity index (χ1v) is 6.80. The molecular weight excluding hydrogens is 240 g/mol. The lowest BCUT2D eigenvalue weighted by atomic mass is 10.0. The maximum Gasteiger partial charge on any atom is 0.222 e. The Morgan fingerprint density at radius 3 is 2.88 bits per heavy atom. The Bertz CT molecular complexity index is 688. The van der Waals surface area contributed by atoms with E-state index in [-0.39, 0.29) is 11.6 Å². The number of benzene rings is 1. The fourth-order valence-electron chi connectivity index (χ4n) is 2.12. The summed E-state index contributed by atoms with van der Waals surface area (Å²) in [6, 6.07) is 6.77. The number of anilines is 1. The molecule has 0 saturated carbocycles. The number of nitrogens with two attached hydrogens (primary N) is 1. The van der Waals surface area contributed by atoms with E-state index in [1.807, 2.05) is 6.07 Å². The number of aromatic nitrogens is 1. The smallest absolute Gasteiger partial charge is 0.222 e. The zero-order valence-corrected chi connectivity index (χ0v) is 9.70. The molecule has 0 unspecified atom stereocenters. The Balaban J connectivity index is 2.25. The van der Waals surface area contributed by atoms with Gasteiger partial charge in [-0.15, -0.1) is 0 Å². The van der Waals surface area contributed by atoms with E-state index in [1.165, 1.54) is 0 Å². The second kappa shape index (κ2) is 3.33. The highest BCUT2D eigenvalue weighted by Crippen LogP contribution is 2.34. The molecule has 17 heavy (non-hydrogen) atoms. The first-order chi connectivity index (χ1) is 8.08. The van der Waals surface area contributed by atoms with Crippen LogP contribution in [0.4, 0.5) is 5.88 Å². The third kappa shape index (κ3) is 1.52. The highest BCUT2D eigenvalue weighted by atomic mass is 32.2. The molecule has 6 heteroatoms. The maximum absolute atomic E-state index is 11.8. The molecule has 1 aromatic carbocycles. The Morgan fingerprint density at radius 1 is 1.35 bits per heavy atom. The van der Waals surface area contributed by atoms with Crippen LogP contribution in [0.1, 0.15) is 5.56 Å².